The number of rotatable bonds is 5. The minimum absolute atomic E-state index is 0.175. The average molecular weight is 274 g/mol. The molecule has 0 saturated carbocycles. The molecule has 1 heterocycles. The second-order valence-electron chi connectivity index (χ2n) is 4.41. The van der Waals surface area contributed by atoms with Gasteiger partial charge in [0.1, 0.15) is 17.1 Å². The van der Waals surface area contributed by atoms with Crippen LogP contribution in [0.1, 0.15) is 34.3 Å². The lowest BCUT2D eigenvalue weighted by atomic mass is 10.1. The number of aryl methyl sites for hydroxylation is 2. The number of hydrogen-bond acceptors (Lipinski definition) is 4. The van der Waals surface area contributed by atoms with Crippen molar-refractivity contribution in [2.45, 2.75) is 26.8 Å². The van der Waals surface area contributed by atoms with Crippen LogP contribution in [0.25, 0.3) is 0 Å². The molecule has 0 aliphatic rings. The van der Waals surface area contributed by atoms with Crippen molar-refractivity contribution in [3.63, 3.8) is 0 Å². The summed E-state index contributed by atoms with van der Waals surface area (Å²) >= 11 is 0. The van der Waals surface area contributed by atoms with E-state index in [2.05, 4.69) is 10.5 Å². The lowest BCUT2D eigenvalue weighted by Crippen LogP contribution is -2.24. The maximum absolute atomic E-state index is 12.2. The number of ether oxygens (including phenoxy) is 1. The highest BCUT2D eigenvalue weighted by Gasteiger charge is 2.19. The van der Waals surface area contributed by atoms with Crippen LogP contribution in [0.2, 0.25) is 0 Å². The van der Waals surface area contributed by atoms with E-state index >= 15 is 0 Å². The van der Waals surface area contributed by atoms with Crippen LogP contribution < -0.4 is 10.1 Å². The molecule has 0 atom stereocenters. The largest absolute Gasteiger partial charge is 0.496 e. The van der Waals surface area contributed by atoms with Crippen molar-refractivity contribution in [3.8, 4) is 5.75 Å². The Morgan fingerprint density at radius 1 is 1.40 bits per heavy atom. The van der Waals surface area contributed by atoms with Gasteiger partial charge in [-0.05, 0) is 19.4 Å². The highest BCUT2D eigenvalue weighted by molar-refractivity contribution is 5.96. The molecule has 0 aliphatic heterocycles. The van der Waals surface area contributed by atoms with Gasteiger partial charge in [-0.25, -0.2) is 0 Å². The molecule has 20 heavy (non-hydrogen) atoms. The van der Waals surface area contributed by atoms with Gasteiger partial charge in [-0.2, -0.15) is 0 Å². The van der Waals surface area contributed by atoms with E-state index in [0.29, 0.717) is 30.0 Å². The van der Waals surface area contributed by atoms with Crippen molar-refractivity contribution in [1.29, 1.82) is 0 Å². The molecule has 0 unspecified atom stereocenters. The Kier molecular flexibility index (Phi) is 4.40. The molecule has 0 aliphatic carbocycles. The van der Waals surface area contributed by atoms with Crippen LogP contribution in [0.15, 0.2) is 28.8 Å². The fourth-order valence-electron chi connectivity index (χ4n) is 2.06. The van der Waals surface area contributed by atoms with Gasteiger partial charge in [-0.15, -0.1) is 0 Å². The van der Waals surface area contributed by atoms with Crippen LogP contribution in [0.5, 0.6) is 5.75 Å². The first-order valence-electron chi connectivity index (χ1n) is 6.52. The Morgan fingerprint density at radius 3 is 2.85 bits per heavy atom. The lowest BCUT2D eigenvalue weighted by Gasteiger charge is -2.09. The van der Waals surface area contributed by atoms with E-state index in [-0.39, 0.29) is 5.91 Å². The molecule has 1 amide bonds. The number of carbonyl (C=O) groups is 1. The molecule has 1 aromatic heterocycles. The van der Waals surface area contributed by atoms with E-state index < -0.39 is 0 Å². The first-order chi connectivity index (χ1) is 9.67. The summed E-state index contributed by atoms with van der Waals surface area (Å²) in [6.07, 6.45) is 0.661. The molecule has 106 valence electrons. The normalized spacial score (nSPS) is 10.3. The maximum Gasteiger partial charge on any atom is 0.257 e. The minimum Gasteiger partial charge on any atom is -0.496 e. The topological polar surface area (TPSA) is 64.4 Å². The summed E-state index contributed by atoms with van der Waals surface area (Å²) in [6, 6.07) is 7.58. The average Bonchev–Trinajstić information content (AvgIpc) is 2.86. The van der Waals surface area contributed by atoms with Crippen LogP contribution in [0.3, 0.4) is 0 Å². The highest BCUT2D eigenvalue weighted by atomic mass is 16.5. The molecule has 1 aromatic carbocycles. The monoisotopic (exact) mass is 274 g/mol. The molecule has 0 saturated heterocycles. The highest BCUT2D eigenvalue weighted by Crippen LogP contribution is 2.18. The van der Waals surface area contributed by atoms with E-state index in [0.717, 1.165) is 11.3 Å². The van der Waals surface area contributed by atoms with Crippen LogP contribution >= 0.6 is 0 Å². The number of aromatic nitrogens is 1. The molecule has 5 nitrogen and oxygen atoms in total. The first kappa shape index (κ1) is 14.1. The molecule has 1 N–H and O–H groups in total. The molecule has 2 aromatic rings. The van der Waals surface area contributed by atoms with Crippen LogP contribution in [0.4, 0.5) is 0 Å². The molecule has 0 spiro atoms. The fourth-order valence-corrected chi connectivity index (χ4v) is 2.06. The molecule has 5 heteroatoms. The Hall–Kier alpha value is -2.30. The zero-order valence-electron chi connectivity index (χ0n) is 11.9. The number of methoxy groups -OCH3 is 1. The summed E-state index contributed by atoms with van der Waals surface area (Å²) in [4.78, 5) is 12.2. The van der Waals surface area contributed by atoms with Crippen molar-refractivity contribution < 1.29 is 14.1 Å². The Morgan fingerprint density at radius 2 is 2.15 bits per heavy atom. The second-order valence-corrected chi connectivity index (χ2v) is 4.41. The van der Waals surface area contributed by atoms with Gasteiger partial charge in [0.15, 0.2) is 0 Å². The van der Waals surface area contributed by atoms with Gasteiger partial charge >= 0.3 is 0 Å². The Bertz CT molecular complexity index is 605. The molecule has 0 bridgehead atoms. The number of amides is 1. The van der Waals surface area contributed by atoms with E-state index in [1.54, 1.807) is 14.0 Å². The van der Waals surface area contributed by atoms with E-state index in [1.165, 1.54) is 0 Å². The predicted molar refractivity (Wildman–Crippen MR) is 74.8 cm³/mol. The molecular weight excluding hydrogens is 256 g/mol. The summed E-state index contributed by atoms with van der Waals surface area (Å²) in [5.41, 5.74) is 2.14. The summed E-state index contributed by atoms with van der Waals surface area (Å²) < 4.78 is 10.3. The van der Waals surface area contributed by atoms with Gasteiger partial charge in [0.2, 0.25) is 0 Å². The fraction of sp³-hybridized carbons (Fsp3) is 0.333. The van der Waals surface area contributed by atoms with Crippen LogP contribution in [-0.2, 0) is 13.0 Å². The molecule has 2 rings (SSSR count). The van der Waals surface area contributed by atoms with Crippen LogP contribution in [0, 0.1) is 6.92 Å². The molecule has 0 radical (unpaired) electrons. The zero-order chi connectivity index (χ0) is 14.5. The maximum atomic E-state index is 12.2. The summed E-state index contributed by atoms with van der Waals surface area (Å²) in [5.74, 6) is 1.12. The smallest absolute Gasteiger partial charge is 0.257 e. The van der Waals surface area contributed by atoms with Crippen molar-refractivity contribution in [3.05, 3.63) is 46.8 Å². The number of para-hydroxylation sites is 1. The standard InChI is InChI=1S/C15H18N2O3/c1-4-12-14(10(2)20-17-12)15(18)16-9-11-7-5-6-8-13(11)19-3/h5-8H,4,9H2,1-3H3,(H,16,18). The van der Waals surface area contributed by atoms with Crippen molar-refractivity contribution >= 4 is 5.91 Å². The number of nitrogens with one attached hydrogen (secondary N) is 1. The van der Waals surface area contributed by atoms with E-state index in [1.807, 2.05) is 31.2 Å². The Balaban J connectivity index is 2.11. The third-order valence-corrected chi connectivity index (χ3v) is 3.13. The second kappa shape index (κ2) is 6.23. The van der Waals surface area contributed by atoms with E-state index in [9.17, 15) is 4.79 Å². The van der Waals surface area contributed by atoms with Gasteiger partial charge in [-0.1, -0.05) is 30.3 Å². The lowest BCUT2D eigenvalue weighted by molar-refractivity contribution is 0.0948. The summed E-state index contributed by atoms with van der Waals surface area (Å²) in [6.45, 7) is 4.08. The minimum atomic E-state index is -0.175. The summed E-state index contributed by atoms with van der Waals surface area (Å²) in [7, 11) is 1.61. The number of carbonyl (C=O) groups excluding carboxylic acids is 1. The van der Waals surface area contributed by atoms with Gasteiger partial charge in [0.05, 0.1) is 12.8 Å². The molecule has 0 fully saturated rings. The summed E-state index contributed by atoms with van der Waals surface area (Å²) in [5, 5.41) is 6.76. The van der Waals surface area contributed by atoms with E-state index in [4.69, 9.17) is 9.26 Å². The van der Waals surface area contributed by atoms with Gasteiger partial charge in [0.25, 0.3) is 5.91 Å². The predicted octanol–water partition coefficient (Wildman–Crippen LogP) is 2.48. The van der Waals surface area contributed by atoms with Crippen LogP contribution in [-0.4, -0.2) is 18.2 Å². The van der Waals surface area contributed by atoms with Crippen molar-refractivity contribution in [1.82, 2.24) is 10.5 Å². The van der Waals surface area contributed by atoms with Gasteiger partial charge in [0, 0.05) is 12.1 Å². The van der Waals surface area contributed by atoms with Gasteiger partial charge in [-0.3, -0.25) is 4.79 Å². The Labute approximate surface area is 117 Å². The van der Waals surface area contributed by atoms with Crippen molar-refractivity contribution in [2.24, 2.45) is 0 Å². The first-order valence-corrected chi connectivity index (χ1v) is 6.52. The number of nitrogens with zero attached hydrogens (tertiary/aromatic N) is 1. The van der Waals surface area contributed by atoms with Gasteiger partial charge < -0.3 is 14.6 Å². The zero-order valence-corrected chi connectivity index (χ0v) is 11.9. The SMILES string of the molecule is CCc1noc(C)c1C(=O)NCc1ccccc1OC. The quantitative estimate of drug-likeness (QED) is 0.909. The third kappa shape index (κ3) is 2.82. The molecular formula is C15H18N2O3. The van der Waals surface area contributed by atoms with Crippen molar-refractivity contribution in [2.75, 3.05) is 7.11 Å². The third-order valence-electron chi connectivity index (χ3n) is 3.13. The number of hydrogen-bond donors (Lipinski definition) is 1. The number of benzene rings is 1.